The maximum absolute atomic E-state index is 10.6. The van der Waals surface area contributed by atoms with Crippen LogP contribution in [-0.4, -0.2) is 4.92 Å². The van der Waals surface area contributed by atoms with E-state index in [-0.39, 0.29) is 29.1 Å². The van der Waals surface area contributed by atoms with Gasteiger partial charge in [0.1, 0.15) is 0 Å². The van der Waals surface area contributed by atoms with E-state index in [1.165, 1.54) is 12.5 Å². The molecule has 1 aliphatic carbocycles. The lowest BCUT2D eigenvalue weighted by Gasteiger charge is -2.31. The molecule has 1 aliphatic rings. The van der Waals surface area contributed by atoms with Gasteiger partial charge in [0.2, 0.25) is 0 Å². The number of rotatable bonds is 3. The Labute approximate surface area is 100 Å². The first-order valence-electron chi connectivity index (χ1n) is 5.18. The maximum atomic E-state index is 10.6. The molecule has 1 saturated carbocycles. The quantitative estimate of drug-likeness (QED) is 0.655. The number of nitrogens with zero attached hydrogens (tertiary/aromatic N) is 1. The van der Waals surface area contributed by atoms with Gasteiger partial charge in [0.15, 0.2) is 0 Å². The van der Waals surface area contributed by atoms with Crippen molar-refractivity contribution in [3.8, 4) is 0 Å². The van der Waals surface area contributed by atoms with Gasteiger partial charge in [-0.05, 0) is 24.3 Å². The van der Waals surface area contributed by atoms with E-state index in [9.17, 15) is 10.1 Å². The van der Waals surface area contributed by atoms with Crippen molar-refractivity contribution >= 4 is 18.1 Å². The van der Waals surface area contributed by atoms with E-state index in [2.05, 4.69) is 0 Å². The average Bonchev–Trinajstić information content (AvgIpc) is 2.15. The molecule has 0 heterocycles. The molecule has 2 rings (SSSR count). The molecule has 0 aliphatic heterocycles. The SMILES string of the molecule is Cl.N[C@H](c1cccc([N+](=O)[O-])c1)C1CCC1. The van der Waals surface area contributed by atoms with Crippen molar-refractivity contribution in [2.75, 3.05) is 0 Å². The van der Waals surface area contributed by atoms with Gasteiger partial charge in [-0.2, -0.15) is 0 Å². The van der Waals surface area contributed by atoms with Crippen LogP contribution < -0.4 is 5.73 Å². The van der Waals surface area contributed by atoms with Crippen LogP contribution in [-0.2, 0) is 0 Å². The monoisotopic (exact) mass is 242 g/mol. The zero-order valence-corrected chi connectivity index (χ0v) is 9.65. The Bertz CT molecular complexity index is 380. The minimum absolute atomic E-state index is 0. The minimum Gasteiger partial charge on any atom is -0.324 e. The molecule has 1 atom stereocenters. The van der Waals surface area contributed by atoms with E-state index in [1.807, 2.05) is 6.07 Å². The minimum atomic E-state index is -0.378. The van der Waals surface area contributed by atoms with Gasteiger partial charge in [-0.25, -0.2) is 0 Å². The molecule has 0 bridgehead atoms. The molecule has 1 fully saturated rings. The summed E-state index contributed by atoms with van der Waals surface area (Å²) in [4.78, 5) is 10.2. The molecular formula is C11H15ClN2O2. The van der Waals surface area contributed by atoms with E-state index in [0.717, 1.165) is 18.4 Å². The van der Waals surface area contributed by atoms with Crippen LogP contribution in [0.1, 0.15) is 30.9 Å². The molecule has 1 aromatic rings. The predicted molar refractivity (Wildman–Crippen MR) is 64.6 cm³/mol. The molecule has 0 radical (unpaired) electrons. The fourth-order valence-electron chi connectivity index (χ4n) is 1.92. The third-order valence-electron chi connectivity index (χ3n) is 3.12. The molecular weight excluding hydrogens is 228 g/mol. The number of nitro benzene ring substituents is 1. The molecule has 0 spiro atoms. The summed E-state index contributed by atoms with van der Waals surface area (Å²) in [6.45, 7) is 0. The molecule has 4 nitrogen and oxygen atoms in total. The Morgan fingerprint density at radius 1 is 1.44 bits per heavy atom. The Hall–Kier alpha value is -1.13. The zero-order chi connectivity index (χ0) is 10.8. The van der Waals surface area contributed by atoms with Crippen LogP contribution in [0.15, 0.2) is 24.3 Å². The van der Waals surface area contributed by atoms with Gasteiger partial charge in [-0.3, -0.25) is 10.1 Å². The molecule has 2 N–H and O–H groups in total. The number of hydrogen-bond donors (Lipinski definition) is 1. The first-order chi connectivity index (χ1) is 7.18. The zero-order valence-electron chi connectivity index (χ0n) is 8.83. The largest absolute Gasteiger partial charge is 0.324 e. The van der Waals surface area contributed by atoms with Crippen LogP contribution in [0.3, 0.4) is 0 Å². The van der Waals surface area contributed by atoms with Gasteiger partial charge in [-0.1, -0.05) is 18.6 Å². The second kappa shape index (κ2) is 5.27. The van der Waals surface area contributed by atoms with Crippen molar-refractivity contribution < 1.29 is 4.92 Å². The van der Waals surface area contributed by atoms with Crippen LogP contribution in [0.25, 0.3) is 0 Å². The normalized spacial score (nSPS) is 17.1. The van der Waals surface area contributed by atoms with E-state index in [4.69, 9.17) is 5.73 Å². The molecule has 16 heavy (non-hydrogen) atoms. The molecule has 0 saturated heterocycles. The van der Waals surface area contributed by atoms with E-state index < -0.39 is 0 Å². The fraction of sp³-hybridized carbons (Fsp3) is 0.455. The number of benzene rings is 1. The van der Waals surface area contributed by atoms with Crippen LogP contribution in [0.2, 0.25) is 0 Å². The van der Waals surface area contributed by atoms with Crippen molar-refractivity contribution in [2.45, 2.75) is 25.3 Å². The van der Waals surface area contributed by atoms with Gasteiger partial charge >= 0.3 is 0 Å². The number of nitro groups is 1. The highest BCUT2D eigenvalue weighted by molar-refractivity contribution is 5.85. The van der Waals surface area contributed by atoms with E-state index >= 15 is 0 Å². The van der Waals surface area contributed by atoms with Gasteiger partial charge in [0, 0.05) is 18.2 Å². The summed E-state index contributed by atoms with van der Waals surface area (Å²) in [5.74, 6) is 0.506. The second-order valence-corrected chi connectivity index (χ2v) is 4.07. The highest BCUT2D eigenvalue weighted by Gasteiger charge is 2.26. The van der Waals surface area contributed by atoms with E-state index in [0.29, 0.717) is 5.92 Å². The summed E-state index contributed by atoms with van der Waals surface area (Å²) >= 11 is 0. The molecule has 1 aromatic carbocycles. The molecule has 0 amide bonds. The van der Waals surface area contributed by atoms with Crippen molar-refractivity contribution in [2.24, 2.45) is 11.7 Å². The summed E-state index contributed by atoms with van der Waals surface area (Å²) in [7, 11) is 0. The van der Waals surface area contributed by atoms with Crippen molar-refractivity contribution in [3.05, 3.63) is 39.9 Å². The third kappa shape index (κ3) is 2.51. The summed E-state index contributed by atoms with van der Waals surface area (Å²) in [5.41, 5.74) is 7.06. The molecule has 0 aromatic heterocycles. The standard InChI is InChI=1S/C11H14N2O2.ClH/c12-11(8-3-1-4-8)9-5-2-6-10(7-9)13(14)15;/h2,5-8,11H,1,3-4,12H2;1H/t11-;/m0./s1. The highest BCUT2D eigenvalue weighted by Crippen LogP contribution is 2.36. The van der Waals surface area contributed by atoms with Crippen LogP contribution in [0.5, 0.6) is 0 Å². The first-order valence-corrected chi connectivity index (χ1v) is 5.18. The fourth-order valence-corrected chi connectivity index (χ4v) is 1.92. The summed E-state index contributed by atoms with van der Waals surface area (Å²) < 4.78 is 0. The number of non-ortho nitro benzene ring substituents is 1. The maximum Gasteiger partial charge on any atom is 0.269 e. The number of hydrogen-bond acceptors (Lipinski definition) is 3. The van der Waals surface area contributed by atoms with Gasteiger partial charge in [0.25, 0.3) is 5.69 Å². The summed E-state index contributed by atoms with van der Waals surface area (Å²) in [6, 6.07) is 6.61. The lowest BCUT2D eigenvalue weighted by atomic mass is 9.77. The van der Waals surface area contributed by atoms with Gasteiger partial charge < -0.3 is 5.73 Å². The summed E-state index contributed by atoms with van der Waals surface area (Å²) in [6.07, 6.45) is 3.51. The topological polar surface area (TPSA) is 69.2 Å². The number of nitrogens with two attached hydrogens (primary N) is 1. The Morgan fingerprint density at radius 2 is 2.12 bits per heavy atom. The van der Waals surface area contributed by atoms with Crippen molar-refractivity contribution in [1.82, 2.24) is 0 Å². The van der Waals surface area contributed by atoms with Crippen LogP contribution >= 0.6 is 12.4 Å². The Kier molecular flexibility index (Phi) is 4.26. The van der Waals surface area contributed by atoms with Gasteiger partial charge in [0.05, 0.1) is 4.92 Å². The van der Waals surface area contributed by atoms with Crippen molar-refractivity contribution in [3.63, 3.8) is 0 Å². The van der Waals surface area contributed by atoms with Gasteiger partial charge in [-0.15, -0.1) is 12.4 Å². The predicted octanol–water partition coefficient (Wildman–Crippen LogP) is 2.82. The van der Waals surface area contributed by atoms with E-state index in [1.54, 1.807) is 12.1 Å². The number of halogens is 1. The molecule has 5 heteroatoms. The molecule has 0 unspecified atom stereocenters. The van der Waals surface area contributed by atoms with Crippen LogP contribution in [0.4, 0.5) is 5.69 Å². The van der Waals surface area contributed by atoms with Crippen molar-refractivity contribution in [1.29, 1.82) is 0 Å². The Morgan fingerprint density at radius 3 is 2.62 bits per heavy atom. The smallest absolute Gasteiger partial charge is 0.269 e. The summed E-state index contributed by atoms with van der Waals surface area (Å²) in [5, 5.41) is 10.6. The average molecular weight is 243 g/mol. The first kappa shape index (κ1) is 12.9. The molecule has 88 valence electrons. The highest BCUT2D eigenvalue weighted by atomic mass is 35.5. The lowest BCUT2D eigenvalue weighted by Crippen LogP contribution is -2.26. The second-order valence-electron chi connectivity index (χ2n) is 4.07. The van der Waals surface area contributed by atoms with Crippen LogP contribution in [0, 0.1) is 16.0 Å². The lowest BCUT2D eigenvalue weighted by molar-refractivity contribution is -0.384. The third-order valence-corrected chi connectivity index (χ3v) is 3.12. The Balaban J connectivity index is 0.00000128.